The monoisotopic (exact) mass is 969 g/mol. The van der Waals surface area contributed by atoms with Crippen molar-refractivity contribution in [2.24, 2.45) is 32.5 Å². The summed E-state index contributed by atoms with van der Waals surface area (Å²) < 4.78 is 66.1. The fourth-order valence-corrected chi connectivity index (χ4v) is 8.29. The van der Waals surface area contributed by atoms with Crippen molar-refractivity contribution in [3.63, 3.8) is 0 Å². The van der Waals surface area contributed by atoms with Crippen LogP contribution in [0, 0.1) is 32.5 Å². The summed E-state index contributed by atoms with van der Waals surface area (Å²) in [5.41, 5.74) is 5.38. The summed E-state index contributed by atoms with van der Waals surface area (Å²) in [5, 5.41) is 0. The first-order chi connectivity index (χ1) is 33.6. The minimum atomic E-state index is 0.258. The Labute approximate surface area is 417 Å². The minimum absolute atomic E-state index is 0.258. The molecule has 0 bridgehead atoms. The first-order valence-electron chi connectivity index (χ1n) is 26.3. The molecule has 0 amide bonds. The van der Waals surface area contributed by atoms with Gasteiger partial charge in [0.15, 0.2) is 0 Å². The van der Waals surface area contributed by atoms with Gasteiger partial charge in [0.05, 0.1) is 159 Å². The molecule has 0 spiro atoms. The minimum Gasteiger partial charge on any atom is -0.380 e. The van der Waals surface area contributed by atoms with Crippen molar-refractivity contribution < 1.29 is 56.8 Å². The molecule has 2 aromatic carbocycles. The molecule has 8 rings (SSSR count). The quantitative estimate of drug-likeness (QED) is 0.0549. The molecule has 69 heavy (non-hydrogen) atoms. The van der Waals surface area contributed by atoms with Gasteiger partial charge < -0.3 is 56.8 Å². The molecule has 2 aromatic rings. The summed E-state index contributed by atoms with van der Waals surface area (Å²) in [6.07, 6.45) is 9.62. The van der Waals surface area contributed by atoms with Gasteiger partial charge in [0, 0.05) is 32.5 Å². The van der Waals surface area contributed by atoms with Gasteiger partial charge in [0.1, 0.15) is 0 Å². The predicted octanol–water partition coefficient (Wildman–Crippen LogP) is 10.1. The van der Waals surface area contributed by atoms with Crippen LogP contribution >= 0.6 is 0 Å². The molecule has 0 saturated carbocycles. The Morgan fingerprint density at radius 3 is 0.841 bits per heavy atom. The lowest BCUT2D eigenvalue weighted by atomic mass is 9.84. The van der Waals surface area contributed by atoms with E-state index >= 15 is 0 Å². The first kappa shape index (κ1) is 57.6. The Morgan fingerprint density at radius 1 is 0.362 bits per heavy atom. The van der Waals surface area contributed by atoms with Gasteiger partial charge in [-0.15, -0.1) is 6.58 Å². The maximum atomic E-state index is 5.90. The van der Waals surface area contributed by atoms with Crippen LogP contribution in [-0.2, 0) is 76.7 Å². The average Bonchev–Trinajstić information content (AvgIpc) is 3.30. The topological polar surface area (TPSA) is 111 Å². The molecule has 6 aliphatic heterocycles. The summed E-state index contributed by atoms with van der Waals surface area (Å²) in [6, 6.07) is 18.8. The molecule has 12 heteroatoms. The van der Waals surface area contributed by atoms with E-state index in [1.807, 2.05) is 24.3 Å². The predicted molar refractivity (Wildman–Crippen MR) is 270 cm³/mol. The van der Waals surface area contributed by atoms with Crippen molar-refractivity contribution in [3.8, 4) is 0 Å². The molecule has 6 fully saturated rings. The average molecular weight is 969 g/mol. The highest BCUT2D eigenvalue weighted by molar-refractivity contribution is 5.21. The lowest BCUT2D eigenvalue weighted by Gasteiger charge is -2.41. The Kier molecular flexibility index (Phi) is 25.1. The molecule has 0 radical (unpaired) electrons. The molecule has 0 N–H and O–H groups in total. The number of rotatable bonds is 30. The highest BCUT2D eigenvalue weighted by Gasteiger charge is 2.40. The lowest BCUT2D eigenvalue weighted by Crippen LogP contribution is -2.46. The van der Waals surface area contributed by atoms with Crippen molar-refractivity contribution in [1.82, 2.24) is 0 Å². The Balaban J connectivity index is 0.000000177. The maximum absolute atomic E-state index is 5.90. The lowest BCUT2D eigenvalue weighted by molar-refractivity contribution is -0.164. The molecule has 6 heterocycles. The van der Waals surface area contributed by atoms with Crippen molar-refractivity contribution in [1.29, 1.82) is 0 Å². The van der Waals surface area contributed by atoms with Crippen molar-refractivity contribution in [2.75, 3.05) is 139 Å². The number of benzene rings is 2. The zero-order valence-electron chi connectivity index (χ0n) is 43.8. The van der Waals surface area contributed by atoms with Crippen LogP contribution in [0.2, 0.25) is 0 Å². The van der Waals surface area contributed by atoms with Gasteiger partial charge in [-0.25, -0.2) is 0 Å². The van der Waals surface area contributed by atoms with E-state index in [0.29, 0.717) is 43.9 Å². The van der Waals surface area contributed by atoms with Crippen LogP contribution in [0.5, 0.6) is 0 Å². The standard InChI is InChI=1S/C20H30O4.C14H26O4.C13H18O2.C10H18O2/c1-3-19(13-23-14-19)11-21-9-17-5-7-18(8-6-17)10-22-12-20(4-2)15-24-16-20;1-3-13(9-17-10-13)7-15-5-6-16-8-14(4-2)11-18-12-14;1-2-13(10-15-11-13)9-14-8-12-6-4-3-5-7-12;1-3-5-6-11-7-10(4-2)8-12-9-10/h5-8H,3-4,9-16H2,1-2H3;3-12H2,1-2H3;3-7H,2,8-11H2,1H3;3H,1,4-9H2,2H3. The van der Waals surface area contributed by atoms with Crippen LogP contribution < -0.4 is 0 Å². The summed E-state index contributed by atoms with van der Waals surface area (Å²) in [5.74, 6) is 0. The van der Waals surface area contributed by atoms with Crippen LogP contribution in [0.1, 0.15) is 103 Å². The first-order valence-corrected chi connectivity index (χ1v) is 26.3. The van der Waals surface area contributed by atoms with Crippen LogP contribution in [0.3, 0.4) is 0 Å². The van der Waals surface area contributed by atoms with Gasteiger partial charge in [0.2, 0.25) is 0 Å². The van der Waals surface area contributed by atoms with Gasteiger partial charge in [-0.1, -0.05) is 102 Å². The highest BCUT2D eigenvalue weighted by Crippen LogP contribution is 2.35. The van der Waals surface area contributed by atoms with E-state index in [4.69, 9.17) is 56.8 Å². The molecule has 0 atom stereocenters. The molecule has 0 aromatic heterocycles. The number of hydrogen-bond donors (Lipinski definition) is 0. The SMILES string of the molecule is C=CCCOCC1(CC)COC1.CCC1(COCCOCC2(CC)COC2)COC1.CCC1(COCc2ccc(COCC3(CC)COC3)cc2)COC1.CCC1(COCc2ccccc2)COC1. The van der Waals surface area contributed by atoms with E-state index in [1.54, 1.807) is 0 Å². The Bertz CT molecular complexity index is 1540. The molecule has 0 unspecified atom stereocenters. The van der Waals surface area contributed by atoms with Gasteiger partial charge in [-0.2, -0.15) is 0 Å². The van der Waals surface area contributed by atoms with Gasteiger partial charge >= 0.3 is 0 Å². The zero-order chi connectivity index (χ0) is 49.2. The van der Waals surface area contributed by atoms with E-state index < -0.39 is 0 Å². The second-order valence-electron chi connectivity index (χ2n) is 21.1. The van der Waals surface area contributed by atoms with E-state index in [-0.39, 0.29) is 21.7 Å². The molecule has 12 nitrogen and oxygen atoms in total. The summed E-state index contributed by atoms with van der Waals surface area (Å²) in [6.45, 7) is 36.1. The molecule has 0 aliphatic carbocycles. The summed E-state index contributed by atoms with van der Waals surface area (Å²) in [4.78, 5) is 0. The highest BCUT2D eigenvalue weighted by atomic mass is 16.6. The van der Waals surface area contributed by atoms with Crippen LogP contribution in [0.25, 0.3) is 0 Å². The molecular weight excluding hydrogens is 877 g/mol. The van der Waals surface area contributed by atoms with Crippen molar-refractivity contribution in [2.45, 2.75) is 106 Å². The van der Waals surface area contributed by atoms with E-state index in [0.717, 1.165) is 170 Å². The number of ether oxygens (including phenoxy) is 12. The van der Waals surface area contributed by atoms with Crippen LogP contribution in [0.15, 0.2) is 67.3 Å². The van der Waals surface area contributed by atoms with Crippen molar-refractivity contribution >= 4 is 0 Å². The van der Waals surface area contributed by atoms with E-state index in [2.05, 4.69) is 84.5 Å². The van der Waals surface area contributed by atoms with Gasteiger partial charge in [-0.3, -0.25) is 0 Å². The third-order valence-corrected chi connectivity index (χ3v) is 15.4. The van der Waals surface area contributed by atoms with E-state index in [9.17, 15) is 0 Å². The molecule has 6 aliphatic rings. The van der Waals surface area contributed by atoms with E-state index in [1.165, 1.54) is 16.7 Å². The molecular formula is C57H92O12. The second-order valence-corrected chi connectivity index (χ2v) is 21.1. The Hall–Kier alpha value is -2.30. The zero-order valence-corrected chi connectivity index (χ0v) is 43.8. The van der Waals surface area contributed by atoms with Gasteiger partial charge in [0.25, 0.3) is 0 Å². The maximum Gasteiger partial charge on any atom is 0.0717 e. The number of hydrogen-bond acceptors (Lipinski definition) is 12. The third-order valence-electron chi connectivity index (χ3n) is 15.4. The normalized spacial score (nSPS) is 21.2. The van der Waals surface area contributed by atoms with Crippen LogP contribution in [0.4, 0.5) is 0 Å². The largest absolute Gasteiger partial charge is 0.380 e. The molecule has 392 valence electrons. The van der Waals surface area contributed by atoms with Crippen molar-refractivity contribution in [3.05, 3.63) is 83.9 Å². The summed E-state index contributed by atoms with van der Waals surface area (Å²) >= 11 is 0. The molecule has 6 saturated heterocycles. The Morgan fingerprint density at radius 2 is 0.609 bits per heavy atom. The fraction of sp³-hybridized carbons (Fsp3) is 0.754. The summed E-state index contributed by atoms with van der Waals surface area (Å²) in [7, 11) is 0. The third kappa shape index (κ3) is 18.3. The van der Waals surface area contributed by atoms with Crippen LogP contribution in [-0.4, -0.2) is 139 Å². The second kappa shape index (κ2) is 30.0. The fourth-order valence-electron chi connectivity index (χ4n) is 8.29. The van der Waals surface area contributed by atoms with Gasteiger partial charge in [-0.05, 0) is 61.6 Å². The smallest absolute Gasteiger partial charge is 0.0717 e.